The molecule has 0 bridgehead atoms. The third-order valence-electron chi connectivity index (χ3n) is 2.50. The fourth-order valence-electron chi connectivity index (χ4n) is 1.67. The van der Waals surface area contributed by atoms with E-state index < -0.39 is 0 Å². The van der Waals surface area contributed by atoms with Gasteiger partial charge in [-0.05, 0) is 17.7 Å². The van der Waals surface area contributed by atoms with E-state index in [1.807, 2.05) is 24.3 Å². The molecule has 1 heterocycles. The molecule has 0 aromatic heterocycles. The van der Waals surface area contributed by atoms with Crippen molar-refractivity contribution >= 4 is 12.0 Å². The van der Waals surface area contributed by atoms with Crippen molar-refractivity contribution in [2.24, 2.45) is 0 Å². The Bertz CT molecular complexity index is 337. The second-order valence-corrected chi connectivity index (χ2v) is 3.67. The maximum atomic E-state index is 10.6. The van der Waals surface area contributed by atoms with Crippen LogP contribution in [0.25, 0.3) is 0 Å². The van der Waals surface area contributed by atoms with Gasteiger partial charge in [-0.25, -0.2) is 0 Å². The molecule has 1 aromatic rings. The summed E-state index contributed by atoms with van der Waals surface area (Å²) < 4.78 is 5.35. The number of aldehydes is 1. The Hall–Kier alpha value is -1.39. The number of morpholine rings is 1. The molecule has 80 valence electrons. The molecule has 3 N–H and O–H groups in total. The molecule has 4 heteroatoms. The maximum absolute atomic E-state index is 10.6. The number of carbonyl (C=O) groups is 1. The van der Waals surface area contributed by atoms with Gasteiger partial charge in [-0.15, -0.1) is 0 Å². The zero-order valence-electron chi connectivity index (χ0n) is 8.35. The van der Waals surface area contributed by atoms with E-state index >= 15 is 0 Å². The lowest BCUT2D eigenvalue weighted by Gasteiger charge is -2.28. The number of benzene rings is 1. The van der Waals surface area contributed by atoms with Crippen molar-refractivity contribution < 1.29 is 9.53 Å². The topological polar surface area (TPSA) is 64.3 Å². The van der Waals surface area contributed by atoms with E-state index in [0.717, 1.165) is 17.5 Å². The summed E-state index contributed by atoms with van der Waals surface area (Å²) in [6.45, 7) is 1.04. The third-order valence-corrected chi connectivity index (χ3v) is 2.50. The minimum Gasteiger partial charge on any atom is -0.399 e. The van der Waals surface area contributed by atoms with Crippen molar-refractivity contribution in [1.29, 1.82) is 0 Å². The molecule has 1 aliphatic rings. The first-order valence-electron chi connectivity index (χ1n) is 4.94. The lowest BCUT2D eigenvalue weighted by atomic mass is 10.1. The van der Waals surface area contributed by atoms with Crippen LogP contribution < -0.4 is 11.1 Å². The summed E-state index contributed by atoms with van der Waals surface area (Å²) in [6, 6.07) is 7.46. The standard InChI is InChI=1S/C11H14N2O2/c12-9-3-1-8(2-4-9)11-7-15-6-10(5-14)13-11/h1-5,10-11,13H,6-7,12H2/t10?,11-/m0/s1. The van der Waals surface area contributed by atoms with Gasteiger partial charge in [-0.3, -0.25) is 5.32 Å². The van der Waals surface area contributed by atoms with Crippen molar-refractivity contribution in [3.05, 3.63) is 29.8 Å². The fourth-order valence-corrected chi connectivity index (χ4v) is 1.67. The molecule has 0 saturated carbocycles. The SMILES string of the molecule is Nc1ccc([C@@H]2COCC(C=O)N2)cc1. The van der Waals surface area contributed by atoms with Gasteiger partial charge < -0.3 is 15.3 Å². The van der Waals surface area contributed by atoms with E-state index in [1.165, 1.54) is 0 Å². The van der Waals surface area contributed by atoms with Gasteiger partial charge in [0.15, 0.2) is 0 Å². The second kappa shape index (κ2) is 4.42. The number of rotatable bonds is 2. The molecule has 1 aliphatic heterocycles. The number of ether oxygens (including phenoxy) is 1. The average molecular weight is 206 g/mol. The van der Waals surface area contributed by atoms with Crippen molar-refractivity contribution in [3.63, 3.8) is 0 Å². The maximum Gasteiger partial charge on any atom is 0.139 e. The first-order valence-corrected chi connectivity index (χ1v) is 4.94. The highest BCUT2D eigenvalue weighted by molar-refractivity contribution is 5.58. The Morgan fingerprint density at radius 3 is 2.73 bits per heavy atom. The molecule has 2 atom stereocenters. The van der Waals surface area contributed by atoms with E-state index in [9.17, 15) is 4.79 Å². The number of carbonyl (C=O) groups excluding carboxylic acids is 1. The number of nitrogens with one attached hydrogen (secondary N) is 1. The van der Waals surface area contributed by atoms with Gasteiger partial charge in [0.25, 0.3) is 0 Å². The van der Waals surface area contributed by atoms with Crippen LogP contribution in [0, 0.1) is 0 Å². The molecule has 1 aromatic carbocycles. The largest absolute Gasteiger partial charge is 0.399 e. The minimum absolute atomic E-state index is 0.0783. The van der Waals surface area contributed by atoms with Gasteiger partial charge >= 0.3 is 0 Å². The van der Waals surface area contributed by atoms with Crippen LogP contribution in [0.1, 0.15) is 11.6 Å². The predicted molar refractivity (Wildman–Crippen MR) is 57.4 cm³/mol. The third kappa shape index (κ3) is 2.34. The molecule has 1 saturated heterocycles. The van der Waals surface area contributed by atoms with Crippen LogP contribution in [0.3, 0.4) is 0 Å². The summed E-state index contributed by atoms with van der Waals surface area (Å²) in [5.41, 5.74) is 7.43. The smallest absolute Gasteiger partial charge is 0.139 e. The van der Waals surface area contributed by atoms with Gasteiger partial charge in [0.1, 0.15) is 6.29 Å². The predicted octanol–water partition coefficient (Wildman–Crippen LogP) is 0.497. The highest BCUT2D eigenvalue weighted by Gasteiger charge is 2.21. The number of anilines is 1. The Labute approximate surface area is 88.4 Å². The number of nitrogens with two attached hydrogens (primary N) is 1. The molecule has 2 rings (SSSR count). The molecule has 0 amide bonds. The molecule has 0 spiro atoms. The van der Waals surface area contributed by atoms with Crippen molar-refractivity contribution in [3.8, 4) is 0 Å². The zero-order valence-corrected chi connectivity index (χ0v) is 8.35. The summed E-state index contributed by atoms with van der Waals surface area (Å²) in [5, 5.41) is 3.20. The van der Waals surface area contributed by atoms with E-state index in [0.29, 0.717) is 13.2 Å². The highest BCUT2D eigenvalue weighted by Crippen LogP contribution is 2.18. The average Bonchev–Trinajstić information content (AvgIpc) is 2.30. The molecule has 0 aliphatic carbocycles. The summed E-state index contributed by atoms with van der Waals surface area (Å²) in [5.74, 6) is 0. The van der Waals surface area contributed by atoms with Gasteiger partial charge in [0.05, 0.1) is 25.3 Å². The van der Waals surface area contributed by atoms with Gasteiger partial charge in [0.2, 0.25) is 0 Å². The van der Waals surface area contributed by atoms with Crippen LogP contribution in [-0.2, 0) is 9.53 Å². The van der Waals surface area contributed by atoms with Crippen LogP contribution >= 0.6 is 0 Å². The Balaban J connectivity index is 2.09. The van der Waals surface area contributed by atoms with E-state index in [-0.39, 0.29) is 12.1 Å². The van der Waals surface area contributed by atoms with Crippen molar-refractivity contribution in [2.45, 2.75) is 12.1 Å². The lowest BCUT2D eigenvalue weighted by Crippen LogP contribution is -2.44. The Kier molecular flexibility index (Phi) is 2.99. The zero-order chi connectivity index (χ0) is 10.7. The van der Waals surface area contributed by atoms with Crippen LogP contribution in [-0.4, -0.2) is 25.5 Å². The first-order chi connectivity index (χ1) is 7.29. The molecule has 1 fully saturated rings. The van der Waals surface area contributed by atoms with Crippen molar-refractivity contribution in [2.75, 3.05) is 18.9 Å². The quantitative estimate of drug-likeness (QED) is 0.546. The molecular weight excluding hydrogens is 192 g/mol. The van der Waals surface area contributed by atoms with Crippen LogP contribution in [0.5, 0.6) is 0 Å². The van der Waals surface area contributed by atoms with Gasteiger partial charge in [0, 0.05) is 5.69 Å². The van der Waals surface area contributed by atoms with Crippen LogP contribution in [0.2, 0.25) is 0 Å². The monoisotopic (exact) mass is 206 g/mol. The first kappa shape index (κ1) is 10.1. The number of hydrogen-bond acceptors (Lipinski definition) is 4. The van der Waals surface area contributed by atoms with Gasteiger partial charge in [-0.1, -0.05) is 12.1 Å². The van der Waals surface area contributed by atoms with E-state index in [4.69, 9.17) is 10.5 Å². The summed E-state index contributed by atoms with van der Waals surface area (Å²) >= 11 is 0. The molecule has 15 heavy (non-hydrogen) atoms. The normalized spacial score (nSPS) is 26.1. The lowest BCUT2D eigenvalue weighted by molar-refractivity contribution is -0.112. The van der Waals surface area contributed by atoms with Gasteiger partial charge in [-0.2, -0.15) is 0 Å². The molecule has 4 nitrogen and oxygen atoms in total. The van der Waals surface area contributed by atoms with E-state index in [1.54, 1.807) is 0 Å². The molecule has 0 radical (unpaired) electrons. The number of nitrogen functional groups attached to an aromatic ring is 1. The van der Waals surface area contributed by atoms with Crippen LogP contribution in [0.15, 0.2) is 24.3 Å². The Morgan fingerprint density at radius 2 is 2.07 bits per heavy atom. The summed E-state index contributed by atoms with van der Waals surface area (Å²) in [6.07, 6.45) is 0.878. The number of hydrogen-bond donors (Lipinski definition) is 2. The minimum atomic E-state index is -0.207. The highest BCUT2D eigenvalue weighted by atomic mass is 16.5. The fraction of sp³-hybridized carbons (Fsp3) is 0.364. The van der Waals surface area contributed by atoms with Crippen molar-refractivity contribution in [1.82, 2.24) is 5.32 Å². The Morgan fingerprint density at radius 1 is 1.33 bits per heavy atom. The van der Waals surface area contributed by atoms with Crippen LogP contribution in [0.4, 0.5) is 5.69 Å². The second-order valence-electron chi connectivity index (χ2n) is 3.67. The molecular formula is C11H14N2O2. The summed E-state index contributed by atoms with van der Waals surface area (Å²) in [4.78, 5) is 10.6. The summed E-state index contributed by atoms with van der Waals surface area (Å²) in [7, 11) is 0. The van der Waals surface area contributed by atoms with E-state index in [2.05, 4.69) is 5.32 Å². The molecule has 1 unspecified atom stereocenters.